The summed E-state index contributed by atoms with van der Waals surface area (Å²) in [5, 5.41) is 2.44. The highest BCUT2D eigenvalue weighted by Gasteiger charge is 2.29. The Hall–Kier alpha value is -1.25. The van der Waals surface area contributed by atoms with E-state index in [9.17, 15) is 0 Å². The molecule has 18 heavy (non-hydrogen) atoms. The molecule has 0 aliphatic heterocycles. The summed E-state index contributed by atoms with van der Waals surface area (Å²) in [5.74, 6) is 1.60. The first kappa shape index (κ1) is 13.2. The first-order valence-corrected chi connectivity index (χ1v) is 6.11. The van der Waals surface area contributed by atoms with Crippen LogP contribution in [0.4, 0.5) is 0 Å². The van der Waals surface area contributed by atoms with E-state index >= 15 is 0 Å². The van der Waals surface area contributed by atoms with Gasteiger partial charge in [0.1, 0.15) is 5.75 Å². The van der Waals surface area contributed by atoms with Gasteiger partial charge in [-0.25, -0.2) is 0 Å². The van der Waals surface area contributed by atoms with Crippen molar-refractivity contribution in [2.45, 2.75) is 18.9 Å². The number of fused-ring (bicyclic) bond motifs is 1. The van der Waals surface area contributed by atoms with E-state index < -0.39 is 0 Å². The quantitative estimate of drug-likeness (QED) is 0.917. The number of hydrogen-bond acceptors (Lipinski definition) is 2. The fraction of sp³-hybridized carbons (Fsp3) is 0.333. The number of benzene rings is 2. The Morgan fingerprint density at radius 2 is 1.78 bits per heavy atom. The molecule has 0 saturated heterocycles. The van der Waals surface area contributed by atoms with E-state index in [-0.39, 0.29) is 18.4 Å². The van der Waals surface area contributed by atoms with Gasteiger partial charge in [-0.2, -0.15) is 0 Å². The summed E-state index contributed by atoms with van der Waals surface area (Å²) in [6, 6.07) is 12.8. The average molecular weight is 264 g/mol. The van der Waals surface area contributed by atoms with Gasteiger partial charge >= 0.3 is 0 Å². The zero-order valence-corrected chi connectivity index (χ0v) is 11.2. The summed E-state index contributed by atoms with van der Waals surface area (Å²) >= 11 is 0. The summed E-state index contributed by atoms with van der Waals surface area (Å²) in [6.45, 7) is 0. The maximum atomic E-state index is 6.22. The minimum atomic E-state index is 0. The summed E-state index contributed by atoms with van der Waals surface area (Å²) < 4.78 is 5.22. The Kier molecular flexibility index (Phi) is 3.79. The fourth-order valence-electron chi connectivity index (χ4n) is 2.30. The van der Waals surface area contributed by atoms with Gasteiger partial charge in [-0.05, 0) is 53.3 Å². The molecular weight excluding hydrogens is 246 g/mol. The molecule has 1 fully saturated rings. The smallest absolute Gasteiger partial charge is 0.119 e. The molecule has 0 spiro atoms. The van der Waals surface area contributed by atoms with Gasteiger partial charge in [-0.15, -0.1) is 12.4 Å². The lowest BCUT2D eigenvalue weighted by Gasteiger charge is -2.12. The predicted octanol–water partition coefficient (Wildman–Crippen LogP) is 3.68. The van der Waals surface area contributed by atoms with Crippen molar-refractivity contribution >= 4 is 23.2 Å². The molecule has 1 aliphatic carbocycles. The average Bonchev–Trinajstić information content (AvgIpc) is 3.21. The summed E-state index contributed by atoms with van der Waals surface area (Å²) in [6.07, 6.45) is 2.56. The zero-order chi connectivity index (χ0) is 11.8. The Balaban J connectivity index is 0.00000120. The van der Waals surface area contributed by atoms with Crippen LogP contribution in [0.15, 0.2) is 36.4 Å². The Morgan fingerprint density at radius 3 is 2.44 bits per heavy atom. The molecule has 3 rings (SSSR count). The molecule has 1 atom stereocenters. The molecule has 2 N–H and O–H groups in total. The van der Waals surface area contributed by atoms with Crippen LogP contribution in [-0.2, 0) is 0 Å². The monoisotopic (exact) mass is 263 g/mol. The minimum absolute atomic E-state index is 0. The van der Waals surface area contributed by atoms with E-state index in [1.807, 2.05) is 6.07 Å². The van der Waals surface area contributed by atoms with E-state index in [4.69, 9.17) is 10.5 Å². The van der Waals surface area contributed by atoms with E-state index in [1.54, 1.807) is 7.11 Å². The maximum Gasteiger partial charge on any atom is 0.119 e. The normalized spacial score (nSPS) is 16.1. The number of rotatable bonds is 3. The second kappa shape index (κ2) is 5.17. The molecule has 1 aliphatic rings. The second-order valence-electron chi connectivity index (χ2n) is 4.84. The summed E-state index contributed by atoms with van der Waals surface area (Å²) in [4.78, 5) is 0. The van der Waals surface area contributed by atoms with Crippen LogP contribution in [0.3, 0.4) is 0 Å². The van der Waals surface area contributed by atoms with Gasteiger partial charge in [0.2, 0.25) is 0 Å². The third-order valence-corrected chi connectivity index (χ3v) is 3.59. The molecular formula is C15H18ClNO. The van der Waals surface area contributed by atoms with Crippen molar-refractivity contribution in [3.05, 3.63) is 42.0 Å². The Morgan fingerprint density at radius 1 is 1.11 bits per heavy atom. The van der Waals surface area contributed by atoms with Gasteiger partial charge in [0, 0.05) is 6.04 Å². The van der Waals surface area contributed by atoms with Crippen molar-refractivity contribution in [3.63, 3.8) is 0 Å². The van der Waals surface area contributed by atoms with Crippen molar-refractivity contribution in [2.75, 3.05) is 7.11 Å². The molecule has 0 aromatic heterocycles. The van der Waals surface area contributed by atoms with E-state index in [1.165, 1.54) is 29.2 Å². The van der Waals surface area contributed by atoms with Crippen LogP contribution in [0.2, 0.25) is 0 Å². The van der Waals surface area contributed by atoms with Crippen LogP contribution in [-0.4, -0.2) is 7.11 Å². The third-order valence-electron chi connectivity index (χ3n) is 3.59. The molecule has 1 saturated carbocycles. The number of methoxy groups -OCH3 is 1. The second-order valence-corrected chi connectivity index (χ2v) is 4.84. The highest BCUT2D eigenvalue weighted by Crippen LogP contribution is 2.40. The highest BCUT2D eigenvalue weighted by molar-refractivity contribution is 5.85. The third kappa shape index (κ3) is 2.45. The van der Waals surface area contributed by atoms with Crippen molar-refractivity contribution in [1.29, 1.82) is 0 Å². The molecule has 0 radical (unpaired) electrons. The first-order valence-electron chi connectivity index (χ1n) is 6.11. The van der Waals surface area contributed by atoms with E-state index in [2.05, 4.69) is 30.3 Å². The number of nitrogens with two attached hydrogens (primary N) is 1. The first-order chi connectivity index (χ1) is 8.28. The number of halogens is 1. The van der Waals surface area contributed by atoms with Crippen LogP contribution in [0.5, 0.6) is 5.75 Å². The van der Waals surface area contributed by atoms with Crippen molar-refractivity contribution in [2.24, 2.45) is 11.7 Å². The Labute approximate surface area is 114 Å². The molecule has 96 valence electrons. The van der Waals surface area contributed by atoms with Crippen molar-refractivity contribution in [1.82, 2.24) is 0 Å². The van der Waals surface area contributed by atoms with Gasteiger partial charge in [0.15, 0.2) is 0 Å². The van der Waals surface area contributed by atoms with Crippen LogP contribution in [0.25, 0.3) is 10.8 Å². The lowest BCUT2D eigenvalue weighted by molar-refractivity contribution is 0.415. The zero-order valence-electron chi connectivity index (χ0n) is 10.4. The minimum Gasteiger partial charge on any atom is -0.497 e. The maximum absolute atomic E-state index is 6.22. The molecule has 3 heteroatoms. The standard InChI is InChI=1S/C15H17NO.ClH/c1-17-14-7-6-11-8-13(5-4-12(11)9-14)15(16)10-2-3-10;/h4-10,15H,2-3,16H2,1H3;1H/t15-;/m1./s1. The van der Waals surface area contributed by atoms with Crippen LogP contribution >= 0.6 is 12.4 Å². The predicted molar refractivity (Wildman–Crippen MR) is 77.4 cm³/mol. The van der Waals surface area contributed by atoms with Crippen LogP contribution in [0.1, 0.15) is 24.4 Å². The largest absolute Gasteiger partial charge is 0.497 e. The lowest BCUT2D eigenvalue weighted by atomic mass is 9.99. The molecule has 0 bridgehead atoms. The number of hydrogen-bond donors (Lipinski definition) is 1. The van der Waals surface area contributed by atoms with Gasteiger partial charge in [0.05, 0.1) is 7.11 Å². The van der Waals surface area contributed by atoms with Crippen molar-refractivity contribution in [3.8, 4) is 5.75 Å². The lowest BCUT2D eigenvalue weighted by Crippen LogP contribution is -2.11. The number of ether oxygens (including phenoxy) is 1. The van der Waals surface area contributed by atoms with Gasteiger partial charge in [-0.1, -0.05) is 18.2 Å². The fourth-order valence-corrected chi connectivity index (χ4v) is 2.30. The van der Waals surface area contributed by atoms with E-state index in [0.29, 0.717) is 5.92 Å². The van der Waals surface area contributed by atoms with Gasteiger partial charge in [0.25, 0.3) is 0 Å². The van der Waals surface area contributed by atoms with Crippen LogP contribution in [0, 0.1) is 5.92 Å². The molecule has 0 amide bonds. The molecule has 2 nitrogen and oxygen atoms in total. The molecule has 2 aromatic rings. The summed E-state index contributed by atoms with van der Waals surface area (Å²) in [5.41, 5.74) is 7.48. The van der Waals surface area contributed by atoms with Gasteiger partial charge in [-0.3, -0.25) is 0 Å². The SMILES string of the molecule is COc1ccc2cc([C@H](N)C3CC3)ccc2c1.Cl. The summed E-state index contributed by atoms with van der Waals surface area (Å²) in [7, 11) is 1.69. The van der Waals surface area contributed by atoms with E-state index in [0.717, 1.165) is 5.75 Å². The molecule has 0 unspecified atom stereocenters. The topological polar surface area (TPSA) is 35.2 Å². The molecule has 0 heterocycles. The Bertz CT molecular complexity index is 551. The van der Waals surface area contributed by atoms with Gasteiger partial charge < -0.3 is 10.5 Å². The molecule has 2 aromatic carbocycles. The van der Waals surface area contributed by atoms with Crippen molar-refractivity contribution < 1.29 is 4.74 Å². The van der Waals surface area contributed by atoms with Crippen LogP contribution < -0.4 is 10.5 Å². The highest BCUT2D eigenvalue weighted by atomic mass is 35.5.